The minimum absolute atomic E-state index is 0.0685. The lowest BCUT2D eigenvalue weighted by Gasteiger charge is -2.10. The van der Waals surface area contributed by atoms with Crippen molar-refractivity contribution in [3.63, 3.8) is 0 Å². The summed E-state index contributed by atoms with van der Waals surface area (Å²) in [4.78, 5) is 7.69. The number of hydrogen-bond donors (Lipinski definition) is 1. The van der Waals surface area contributed by atoms with E-state index in [4.69, 9.17) is 11.6 Å². The molecule has 1 saturated heterocycles. The molecule has 2 heterocycles. The summed E-state index contributed by atoms with van der Waals surface area (Å²) in [7, 11) is -2.86. The van der Waals surface area contributed by atoms with Crippen LogP contribution in [-0.2, 0) is 9.84 Å². The minimum atomic E-state index is -2.86. The number of hydrogen-bond acceptors (Lipinski definition) is 5. The fourth-order valence-electron chi connectivity index (χ4n) is 1.53. The average molecular weight is 248 g/mol. The van der Waals surface area contributed by atoms with E-state index in [2.05, 4.69) is 15.3 Å². The normalized spacial score (nSPS) is 23.9. The van der Waals surface area contributed by atoms with Gasteiger partial charge in [-0.05, 0) is 6.42 Å². The Hall–Kier alpha value is -0.880. The topological polar surface area (TPSA) is 72.0 Å². The molecule has 1 aliphatic rings. The molecule has 0 bridgehead atoms. The Labute approximate surface area is 92.8 Å². The standard InChI is InChI=1S/C8H10ClN3O2S/c9-7-3-8(11-5-10-7)12-6-1-2-15(13,14)4-6/h3,5-6H,1-2,4H2,(H,10,11,12). The van der Waals surface area contributed by atoms with Crippen molar-refractivity contribution in [1.82, 2.24) is 9.97 Å². The van der Waals surface area contributed by atoms with E-state index in [1.165, 1.54) is 6.33 Å². The highest BCUT2D eigenvalue weighted by Crippen LogP contribution is 2.17. The summed E-state index contributed by atoms with van der Waals surface area (Å²) in [6.45, 7) is 0. The highest BCUT2D eigenvalue weighted by Gasteiger charge is 2.27. The van der Waals surface area contributed by atoms with Gasteiger partial charge in [0.15, 0.2) is 9.84 Å². The first kappa shape index (κ1) is 10.6. The van der Waals surface area contributed by atoms with E-state index in [1.807, 2.05) is 0 Å². The molecular weight excluding hydrogens is 238 g/mol. The molecule has 7 heteroatoms. The van der Waals surface area contributed by atoms with E-state index in [9.17, 15) is 8.42 Å². The van der Waals surface area contributed by atoms with Crippen molar-refractivity contribution >= 4 is 27.3 Å². The van der Waals surface area contributed by atoms with Crippen LogP contribution in [0.2, 0.25) is 5.15 Å². The van der Waals surface area contributed by atoms with Gasteiger partial charge in [0.25, 0.3) is 0 Å². The van der Waals surface area contributed by atoms with Crippen LogP contribution in [-0.4, -0.2) is 35.9 Å². The van der Waals surface area contributed by atoms with Crippen molar-refractivity contribution in [1.29, 1.82) is 0 Å². The second-order valence-corrected chi connectivity index (χ2v) is 6.09. The predicted molar refractivity (Wildman–Crippen MR) is 57.7 cm³/mol. The van der Waals surface area contributed by atoms with Crippen LogP contribution in [0.4, 0.5) is 5.82 Å². The molecule has 15 heavy (non-hydrogen) atoms. The molecule has 1 fully saturated rings. The number of aromatic nitrogens is 2. The molecular formula is C8H10ClN3O2S. The maximum atomic E-state index is 11.2. The lowest BCUT2D eigenvalue weighted by molar-refractivity contribution is 0.602. The highest BCUT2D eigenvalue weighted by molar-refractivity contribution is 7.91. The zero-order valence-electron chi connectivity index (χ0n) is 7.85. The zero-order valence-corrected chi connectivity index (χ0v) is 9.42. The molecule has 0 aromatic carbocycles. The minimum Gasteiger partial charge on any atom is -0.366 e. The summed E-state index contributed by atoms with van der Waals surface area (Å²) in [5.41, 5.74) is 0. The fourth-order valence-corrected chi connectivity index (χ4v) is 3.35. The molecule has 5 nitrogen and oxygen atoms in total. The Bertz CT molecular complexity index is 463. The molecule has 0 aliphatic carbocycles. The number of nitrogens with one attached hydrogen (secondary N) is 1. The first-order valence-corrected chi connectivity index (χ1v) is 6.70. The fraction of sp³-hybridized carbons (Fsp3) is 0.500. The van der Waals surface area contributed by atoms with Crippen molar-refractivity contribution < 1.29 is 8.42 Å². The van der Waals surface area contributed by atoms with Crippen molar-refractivity contribution in [2.24, 2.45) is 0 Å². The van der Waals surface area contributed by atoms with Crippen LogP contribution in [0.15, 0.2) is 12.4 Å². The molecule has 1 N–H and O–H groups in total. The van der Waals surface area contributed by atoms with Gasteiger partial charge in [0.05, 0.1) is 11.5 Å². The molecule has 0 saturated carbocycles. The van der Waals surface area contributed by atoms with Gasteiger partial charge in [-0.2, -0.15) is 0 Å². The van der Waals surface area contributed by atoms with Crippen LogP contribution in [0, 0.1) is 0 Å². The van der Waals surface area contributed by atoms with Crippen LogP contribution in [0.5, 0.6) is 0 Å². The molecule has 1 unspecified atom stereocenters. The second-order valence-electron chi connectivity index (χ2n) is 3.47. The van der Waals surface area contributed by atoms with Gasteiger partial charge in [-0.3, -0.25) is 0 Å². The van der Waals surface area contributed by atoms with Crippen LogP contribution < -0.4 is 5.32 Å². The van der Waals surface area contributed by atoms with E-state index in [0.29, 0.717) is 17.4 Å². The molecule has 0 amide bonds. The molecule has 1 atom stereocenters. The van der Waals surface area contributed by atoms with Gasteiger partial charge in [0, 0.05) is 12.1 Å². The van der Waals surface area contributed by atoms with E-state index < -0.39 is 9.84 Å². The van der Waals surface area contributed by atoms with Crippen LogP contribution in [0.3, 0.4) is 0 Å². The molecule has 2 rings (SSSR count). The predicted octanol–water partition coefficient (Wildman–Crippen LogP) is 0.729. The molecule has 82 valence electrons. The smallest absolute Gasteiger partial charge is 0.152 e. The quantitative estimate of drug-likeness (QED) is 0.780. The Balaban J connectivity index is 2.05. The summed E-state index contributed by atoms with van der Waals surface area (Å²) in [6.07, 6.45) is 1.96. The first-order valence-electron chi connectivity index (χ1n) is 4.50. The SMILES string of the molecule is O=S1(=O)CCC(Nc2cc(Cl)ncn2)C1. The van der Waals surface area contributed by atoms with E-state index >= 15 is 0 Å². The monoisotopic (exact) mass is 247 g/mol. The van der Waals surface area contributed by atoms with E-state index in [1.54, 1.807) is 6.07 Å². The van der Waals surface area contributed by atoms with Crippen molar-refractivity contribution in [3.05, 3.63) is 17.5 Å². The third kappa shape index (κ3) is 2.79. The van der Waals surface area contributed by atoms with Gasteiger partial charge in [0.1, 0.15) is 17.3 Å². The number of nitrogens with zero attached hydrogens (tertiary/aromatic N) is 2. The van der Waals surface area contributed by atoms with Gasteiger partial charge < -0.3 is 5.32 Å². The third-order valence-electron chi connectivity index (χ3n) is 2.22. The van der Waals surface area contributed by atoms with E-state index in [-0.39, 0.29) is 17.5 Å². The van der Waals surface area contributed by atoms with E-state index in [0.717, 1.165) is 0 Å². The summed E-state index contributed by atoms with van der Waals surface area (Å²) in [5.74, 6) is 0.968. The summed E-state index contributed by atoms with van der Waals surface area (Å²) >= 11 is 5.68. The molecule has 1 aromatic heterocycles. The largest absolute Gasteiger partial charge is 0.366 e. The lowest BCUT2D eigenvalue weighted by atomic mass is 10.2. The highest BCUT2D eigenvalue weighted by atomic mass is 35.5. The van der Waals surface area contributed by atoms with Crippen LogP contribution >= 0.6 is 11.6 Å². The number of anilines is 1. The first-order chi connectivity index (χ1) is 7.05. The van der Waals surface area contributed by atoms with Gasteiger partial charge in [-0.25, -0.2) is 18.4 Å². The summed E-state index contributed by atoms with van der Waals surface area (Å²) in [5, 5.41) is 3.36. The average Bonchev–Trinajstić information content (AvgIpc) is 2.45. The van der Waals surface area contributed by atoms with Gasteiger partial charge >= 0.3 is 0 Å². The molecule has 0 radical (unpaired) electrons. The molecule has 1 aliphatic heterocycles. The Morgan fingerprint density at radius 2 is 2.27 bits per heavy atom. The maximum absolute atomic E-state index is 11.2. The Morgan fingerprint density at radius 1 is 1.47 bits per heavy atom. The maximum Gasteiger partial charge on any atom is 0.152 e. The zero-order chi connectivity index (χ0) is 10.9. The number of sulfone groups is 1. The van der Waals surface area contributed by atoms with Gasteiger partial charge in [-0.15, -0.1) is 0 Å². The van der Waals surface area contributed by atoms with Crippen molar-refractivity contribution in [2.45, 2.75) is 12.5 Å². The van der Waals surface area contributed by atoms with Gasteiger partial charge in [-0.1, -0.05) is 11.6 Å². The second kappa shape index (κ2) is 3.94. The van der Waals surface area contributed by atoms with Crippen LogP contribution in [0.25, 0.3) is 0 Å². The Morgan fingerprint density at radius 3 is 2.87 bits per heavy atom. The van der Waals surface area contributed by atoms with Gasteiger partial charge in [0.2, 0.25) is 0 Å². The number of halogens is 1. The lowest BCUT2D eigenvalue weighted by Crippen LogP contribution is -2.21. The number of rotatable bonds is 2. The third-order valence-corrected chi connectivity index (χ3v) is 4.19. The summed E-state index contributed by atoms with van der Waals surface area (Å²) in [6, 6.07) is 1.51. The molecule has 0 spiro atoms. The summed E-state index contributed by atoms with van der Waals surface area (Å²) < 4.78 is 22.4. The molecule has 1 aromatic rings. The Kier molecular flexibility index (Phi) is 2.79. The van der Waals surface area contributed by atoms with Crippen molar-refractivity contribution in [2.75, 3.05) is 16.8 Å². The van der Waals surface area contributed by atoms with Crippen molar-refractivity contribution in [3.8, 4) is 0 Å². The van der Waals surface area contributed by atoms with Crippen LogP contribution in [0.1, 0.15) is 6.42 Å².